The lowest BCUT2D eigenvalue weighted by atomic mass is 10.4. The first-order valence-electron chi connectivity index (χ1n) is 17.9. The summed E-state index contributed by atoms with van der Waals surface area (Å²) in [6.07, 6.45) is 2.70. The molecule has 6 rings (SSSR count). The van der Waals surface area contributed by atoms with E-state index in [1.807, 2.05) is 0 Å². The second kappa shape index (κ2) is 28.5. The van der Waals surface area contributed by atoms with Crippen LogP contribution >= 0.6 is 31.1 Å². The molecule has 0 saturated carbocycles. The van der Waals surface area contributed by atoms with Gasteiger partial charge in [0.05, 0.1) is 27.9 Å². The largest absolute Gasteiger partial charge is 1.00 e. The van der Waals surface area contributed by atoms with Crippen molar-refractivity contribution in [3.8, 4) is 0 Å². The van der Waals surface area contributed by atoms with Gasteiger partial charge in [-0.05, 0) is 66.7 Å². The standard InChI is InChI=1S/C22H22O2P.C18H15P.C4H7BrO2.CH3F.BrH/c23-19-24-17-10-18-25(20-11-4-1-5-12-20,21-13-6-2-7-14-21)22-15-8-3-9-16-22;1-4-10-16(11-5-1)19(17-12-6-2-7-13-17)18-14-8-3-9-15-18;5-2-1-3-7-4-6;1-2;/h1-9,11-16,19H,10,17-18H2;1-15H;4H,1-3H2;1H3;1H/q+1;;;;/p-1/i;;;1D;. The maximum absolute atomic E-state index is 10.5. The number of halogens is 3. The number of hydrogen-bond acceptors (Lipinski definition) is 4. The highest BCUT2D eigenvalue weighted by molar-refractivity contribution is 9.09. The fourth-order valence-electron chi connectivity index (χ4n) is 5.68. The Labute approximate surface area is 342 Å². The van der Waals surface area contributed by atoms with Gasteiger partial charge in [0.15, 0.2) is 0 Å². The summed E-state index contributed by atoms with van der Waals surface area (Å²) in [5.41, 5.74) is 0. The van der Waals surface area contributed by atoms with E-state index in [1.54, 1.807) is 0 Å². The van der Waals surface area contributed by atoms with E-state index < -0.39 is 22.3 Å². The molecular weight excluding hydrogens is 845 g/mol. The van der Waals surface area contributed by atoms with Gasteiger partial charge >= 0.3 is 0 Å². The van der Waals surface area contributed by atoms with Crippen LogP contribution in [0.25, 0.3) is 0 Å². The number of carbonyl (C=O) groups excluding carboxylic acids is 2. The SMILES string of the molecule is O=COCCCBr.O=COCCC[P+](c1ccccc1)(c1ccccc1)c1ccccc1.[2H]CF.[Br-].c1ccc(P(c2ccccc2)c2ccccc2)cc1. The lowest BCUT2D eigenvalue weighted by Gasteiger charge is -2.27. The molecule has 9 heteroatoms. The van der Waals surface area contributed by atoms with E-state index in [2.05, 4.69) is 203 Å². The lowest BCUT2D eigenvalue weighted by molar-refractivity contribution is -0.129. The van der Waals surface area contributed by atoms with Crippen molar-refractivity contribution in [1.82, 2.24) is 0 Å². The van der Waals surface area contributed by atoms with E-state index in [1.165, 1.54) is 31.8 Å². The van der Waals surface area contributed by atoms with Gasteiger partial charge in [0.25, 0.3) is 12.9 Å². The van der Waals surface area contributed by atoms with Gasteiger partial charge in [-0.2, -0.15) is 0 Å². The Morgan fingerprint density at radius 1 is 0.556 bits per heavy atom. The summed E-state index contributed by atoms with van der Waals surface area (Å²) in [7, 11) is -3.24. The molecule has 0 saturated heterocycles. The predicted molar refractivity (Wildman–Crippen MR) is 229 cm³/mol. The maximum Gasteiger partial charge on any atom is 0.293 e. The molecule has 4 nitrogen and oxygen atoms in total. The number of hydrogen-bond donors (Lipinski definition) is 0. The quantitative estimate of drug-likeness (QED) is 0.0591. The van der Waals surface area contributed by atoms with Gasteiger partial charge in [0.1, 0.15) is 23.2 Å². The summed E-state index contributed by atoms with van der Waals surface area (Å²) in [5.74, 6) is 0. The van der Waals surface area contributed by atoms with E-state index in [0.717, 1.165) is 24.3 Å². The Bertz CT molecular complexity index is 1630. The Balaban J connectivity index is 0.000000307. The minimum absolute atomic E-state index is 0. The molecule has 6 aromatic rings. The number of ether oxygens (including phenoxy) is 2. The smallest absolute Gasteiger partial charge is 0.293 e. The van der Waals surface area contributed by atoms with Crippen LogP contribution in [0, 0.1) is 0 Å². The molecule has 0 N–H and O–H groups in total. The van der Waals surface area contributed by atoms with Crippen LogP contribution in [0.15, 0.2) is 182 Å². The number of carbonyl (C=O) groups is 2. The van der Waals surface area contributed by atoms with Crippen LogP contribution in [0.3, 0.4) is 0 Å². The van der Waals surface area contributed by atoms with Crippen molar-refractivity contribution in [2.75, 3.05) is 31.9 Å². The first-order valence-corrected chi connectivity index (χ1v) is 21.6. The van der Waals surface area contributed by atoms with E-state index >= 15 is 0 Å². The molecule has 0 bridgehead atoms. The third kappa shape index (κ3) is 14.7. The average molecular weight is 894 g/mol. The summed E-state index contributed by atoms with van der Waals surface area (Å²) >= 11 is 3.18. The second-order valence-corrected chi connectivity index (χ2v) is 17.8. The van der Waals surface area contributed by atoms with E-state index in [9.17, 15) is 14.0 Å². The Morgan fingerprint density at radius 3 is 1.11 bits per heavy atom. The van der Waals surface area contributed by atoms with E-state index in [4.69, 9.17) is 6.11 Å². The Hall–Kier alpha value is -3.99. The molecule has 54 heavy (non-hydrogen) atoms. The van der Waals surface area contributed by atoms with Gasteiger partial charge in [0, 0.05) is 11.8 Å². The van der Waals surface area contributed by atoms with E-state index in [-0.39, 0.29) is 17.0 Å². The fraction of sp³-hybridized carbons (Fsp3) is 0.156. The van der Waals surface area contributed by atoms with Gasteiger partial charge in [-0.1, -0.05) is 162 Å². The highest BCUT2D eigenvalue weighted by Crippen LogP contribution is 2.55. The highest BCUT2D eigenvalue weighted by Gasteiger charge is 2.44. The van der Waals surface area contributed by atoms with Crippen molar-refractivity contribution >= 4 is 75.9 Å². The molecule has 0 heterocycles. The third-order valence-corrected chi connectivity index (χ3v) is 15.5. The first kappa shape index (κ1) is 44.4. The monoisotopic (exact) mass is 891 g/mol. The summed E-state index contributed by atoms with van der Waals surface area (Å²) in [4.78, 5) is 20.0. The van der Waals surface area contributed by atoms with Crippen molar-refractivity contribution < 1.29 is 41.8 Å². The van der Waals surface area contributed by atoms with E-state index in [0.29, 0.717) is 26.2 Å². The minimum Gasteiger partial charge on any atom is -1.00 e. The molecule has 0 radical (unpaired) electrons. The molecule has 6 aromatic carbocycles. The second-order valence-electron chi connectivity index (χ2n) is 11.2. The summed E-state index contributed by atoms with van der Waals surface area (Å²) in [5, 5.41) is 9.16. The topological polar surface area (TPSA) is 52.6 Å². The van der Waals surface area contributed by atoms with Gasteiger partial charge in [-0.15, -0.1) is 0 Å². The van der Waals surface area contributed by atoms with Crippen molar-refractivity contribution in [3.05, 3.63) is 182 Å². The van der Waals surface area contributed by atoms with Crippen LogP contribution in [0.1, 0.15) is 14.2 Å². The Kier molecular flexibility index (Phi) is 23.4. The molecule has 0 unspecified atom stereocenters. The van der Waals surface area contributed by atoms with Crippen LogP contribution in [-0.2, 0) is 19.1 Å². The molecular formula is C45H47Br2FO4P2. The van der Waals surface area contributed by atoms with Crippen molar-refractivity contribution in [1.29, 1.82) is 0 Å². The molecule has 0 fully saturated rings. The molecule has 0 aliphatic heterocycles. The van der Waals surface area contributed by atoms with Gasteiger partial charge in [-0.25, -0.2) is 0 Å². The summed E-state index contributed by atoms with van der Waals surface area (Å²) in [6, 6.07) is 64.5. The van der Waals surface area contributed by atoms with Crippen LogP contribution in [-0.4, -0.2) is 44.8 Å². The minimum atomic E-state index is -1.79. The van der Waals surface area contributed by atoms with Gasteiger partial charge < -0.3 is 26.5 Å². The van der Waals surface area contributed by atoms with Crippen LogP contribution in [0.2, 0.25) is 0 Å². The lowest BCUT2D eigenvalue weighted by Crippen LogP contribution is -3.00. The fourth-order valence-corrected chi connectivity index (χ4v) is 12.5. The summed E-state index contributed by atoms with van der Waals surface area (Å²) < 4.78 is 24.8. The first-order chi connectivity index (χ1) is 26.7. The molecule has 0 spiro atoms. The molecule has 0 aromatic heterocycles. The zero-order chi connectivity index (χ0) is 38.5. The third-order valence-electron chi connectivity index (χ3n) is 7.92. The highest BCUT2D eigenvalue weighted by atomic mass is 79.9. The number of benzene rings is 6. The molecule has 0 amide bonds. The van der Waals surface area contributed by atoms with Gasteiger partial charge in [0.2, 0.25) is 0 Å². The number of rotatable bonds is 15. The zero-order valence-electron chi connectivity index (χ0n) is 31.1. The normalized spacial score (nSPS) is 10.2. The predicted octanol–water partition coefficient (Wildman–Crippen LogP) is 5.52. The Morgan fingerprint density at radius 2 is 0.833 bits per heavy atom. The molecule has 0 aliphatic rings. The van der Waals surface area contributed by atoms with Crippen LogP contribution in [0.5, 0.6) is 0 Å². The molecule has 0 atom stereocenters. The molecule has 282 valence electrons. The van der Waals surface area contributed by atoms with Crippen LogP contribution in [0.4, 0.5) is 4.39 Å². The zero-order valence-corrected chi connectivity index (χ0v) is 35.0. The summed E-state index contributed by atoms with van der Waals surface area (Å²) in [6.45, 7) is 1.98. The maximum atomic E-state index is 10.5. The molecule has 0 aliphatic carbocycles. The van der Waals surface area contributed by atoms with Crippen LogP contribution < -0.4 is 48.8 Å². The van der Waals surface area contributed by atoms with Crippen molar-refractivity contribution in [2.45, 2.75) is 12.8 Å². The van der Waals surface area contributed by atoms with Crippen molar-refractivity contribution in [2.24, 2.45) is 0 Å². The average Bonchev–Trinajstić information content (AvgIpc) is 3.24. The number of alkyl halides is 2. The van der Waals surface area contributed by atoms with Crippen molar-refractivity contribution in [3.63, 3.8) is 0 Å². The van der Waals surface area contributed by atoms with Gasteiger partial charge in [-0.3, -0.25) is 14.0 Å².